The van der Waals surface area contributed by atoms with Crippen LogP contribution in [-0.4, -0.2) is 0 Å². The molecule has 0 N–H and O–H groups in total. The minimum atomic E-state index is 0.871. The molecule has 2 nitrogen and oxygen atoms in total. The minimum absolute atomic E-state index is 0.871. The van der Waals surface area contributed by atoms with Crippen LogP contribution in [0.15, 0.2) is 241 Å². The molecular weight excluding hydrogens is 727 g/mol. The molecule has 0 amide bonds. The van der Waals surface area contributed by atoms with Crippen LogP contribution in [0.4, 0.5) is 17.1 Å². The summed E-state index contributed by atoms with van der Waals surface area (Å²) in [7, 11) is 0. The van der Waals surface area contributed by atoms with E-state index in [4.69, 9.17) is 4.42 Å². The molecule has 0 bridgehead atoms. The van der Waals surface area contributed by atoms with E-state index >= 15 is 0 Å². The number of anilines is 3. The van der Waals surface area contributed by atoms with Crippen LogP contribution in [0.1, 0.15) is 0 Å². The molecule has 0 spiro atoms. The molecule has 0 aliphatic carbocycles. The molecule has 11 rings (SSSR count). The van der Waals surface area contributed by atoms with Crippen LogP contribution in [0.5, 0.6) is 0 Å². The molecule has 2 heteroatoms. The third-order valence-corrected chi connectivity index (χ3v) is 11.7. The van der Waals surface area contributed by atoms with Crippen LogP contribution in [-0.2, 0) is 0 Å². The van der Waals surface area contributed by atoms with Crippen molar-refractivity contribution >= 4 is 49.8 Å². The Hall–Kier alpha value is -7.94. The number of rotatable bonds is 8. The summed E-state index contributed by atoms with van der Waals surface area (Å²) < 4.78 is 6.34. The van der Waals surface area contributed by atoms with Gasteiger partial charge in [-0.3, -0.25) is 0 Å². The van der Waals surface area contributed by atoms with Crippen LogP contribution in [0.2, 0.25) is 0 Å². The summed E-state index contributed by atoms with van der Waals surface area (Å²) in [5.74, 6) is 0. The van der Waals surface area contributed by atoms with E-state index in [0.29, 0.717) is 0 Å². The average molecular weight is 766 g/mol. The van der Waals surface area contributed by atoms with Crippen LogP contribution < -0.4 is 4.90 Å². The minimum Gasteiger partial charge on any atom is -0.456 e. The zero-order valence-corrected chi connectivity index (χ0v) is 32.9. The Bertz CT molecular complexity index is 3310. The van der Waals surface area contributed by atoms with Crippen LogP contribution in [0, 0.1) is 0 Å². The lowest BCUT2D eigenvalue weighted by Gasteiger charge is -2.29. The standard InChI is InChI=1S/C58H39NO/c1-3-17-42(18-4-1)48-22-9-10-25-52(48)58-49(43-19-5-2-6-20-43)26-15-27-53(58)50-23-11-13-28-55(50)59(47-36-37-57-54(39-47)51-24-12-14-29-56(51)60-57)46-34-32-41(33-35-46)45-31-30-40-16-7-8-21-44(40)38-45/h1-39H. The number of nitrogens with zero attached hydrogens (tertiary/aromatic N) is 1. The molecule has 0 saturated heterocycles. The molecule has 1 aromatic heterocycles. The number of para-hydroxylation sites is 2. The molecule has 0 unspecified atom stereocenters. The third-order valence-electron chi connectivity index (χ3n) is 11.7. The fourth-order valence-corrected chi connectivity index (χ4v) is 8.84. The Kier molecular flexibility index (Phi) is 8.87. The number of fused-ring (bicyclic) bond motifs is 4. The third kappa shape index (κ3) is 6.32. The van der Waals surface area contributed by atoms with Crippen molar-refractivity contribution in [3.8, 4) is 55.6 Å². The molecule has 0 saturated carbocycles. The van der Waals surface area contributed by atoms with Gasteiger partial charge in [0.25, 0.3) is 0 Å². The number of benzene rings is 10. The molecule has 0 radical (unpaired) electrons. The smallest absolute Gasteiger partial charge is 0.135 e. The normalized spacial score (nSPS) is 11.3. The monoisotopic (exact) mass is 765 g/mol. The maximum absolute atomic E-state index is 6.34. The predicted octanol–water partition coefficient (Wildman–Crippen LogP) is 16.5. The van der Waals surface area contributed by atoms with Gasteiger partial charge in [-0.15, -0.1) is 0 Å². The summed E-state index contributed by atoms with van der Waals surface area (Å²) in [6.45, 7) is 0. The summed E-state index contributed by atoms with van der Waals surface area (Å²) in [6.07, 6.45) is 0. The lowest BCUT2D eigenvalue weighted by Crippen LogP contribution is -2.11. The second-order valence-corrected chi connectivity index (χ2v) is 15.2. The highest BCUT2D eigenvalue weighted by atomic mass is 16.3. The van der Waals surface area contributed by atoms with E-state index in [1.807, 2.05) is 12.1 Å². The first kappa shape index (κ1) is 35.2. The van der Waals surface area contributed by atoms with Crippen molar-refractivity contribution in [3.63, 3.8) is 0 Å². The maximum atomic E-state index is 6.34. The van der Waals surface area contributed by atoms with Crippen LogP contribution >= 0.6 is 0 Å². The molecular formula is C58H39NO. The van der Waals surface area contributed by atoms with E-state index in [1.54, 1.807) is 0 Å². The van der Waals surface area contributed by atoms with Gasteiger partial charge in [0.1, 0.15) is 11.2 Å². The average Bonchev–Trinajstić information content (AvgIpc) is 3.70. The Morgan fingerprint density at radius 2 is 0.850 bits per heavy atom. The molecule has 1 heterocycles. The summed E-state index contributed by atoms with van der Waals surface area (Å²) in [5, 5.41) is 4.66. The van der Waals surface area contributed by atoms with Gasteiger partial charge in [0.2, 0.25) is 0 Å². The lowest BCUT2D eigenvalue weighted by atomic mass is 9.84. The van der Waals surface area contributed by atoms with Gasteiger partial charge in [0.15, 0.2) is 0 Å². The summed E-state index contributed by atoms with van der Waals surface area (Å²) in [6, 6.07) is 85.1. The van der Waals surface area contributed by atoms with Gasteiger partial charge in [0.05, 0.1) is 5.69 Å². The highest BCUT2D eigenvalue weighted by Gasteiger charge is 2.23. The fraction of sp³-hybridized carbons (Fsp3) is 0. The molecule has 0 fully saturated rings. The first-order valence-electron chi connectivity index (χ1n) is 20.5. The number of hydrogen-bond donors (Lipinski definition) is 0. The zero-order chi connectivity index (χ0) is 39.8. The summed E-state index contributed by atoms with van der Waals surface area (Å²) in [4.78, 5) is 2.41. The first-order chi connectivity index (χ1) is 29.8. The quantitative estimate of drug-likeness (QED) is 0.153. The Morgan fingerprint density at radius 3 is 1.65 bits per heavy atom. The van der Waals surface area contributed by atoms with Gasteiger partial charge in [-0.25, -0.2) is 0 Å². The first-order valence-corrected chi connectivity index (χ1v) is 20.5. The highest BCUT2D eigenvalue weighted by molar-refractivity contribution is 6.08. The van der Waals surface area contributed by atoms with Crippen molar-refractivity contribution in [2.24, 2.45) is 0 Å². The van der Waals surface area contributed by atoms with Crippen molar-refractivity contribution in [1.82, 2.24) is 0 Å². The number of furan rings is 1. The fourth-order valence-electron chi connectivity index (χ4n) is 8.84. The molecule has 282 valence electrons. The van der Waals surface area contributed by atoms with Gasteiger partial charge in [0, 0.05) is 27.7 Å². The zero-order valence-electron chi connectivity index (χ0n) is 32.9. The molecule has 11 aromatic rings. The largest absolute Gasteiger partial charge is 0.456 e. The van der Waals surface area contributed by atoms with Crippen molar-refractivity contribution in [2.75, 3.05) is 4.90 Å². The summed E-state index contributed by atoms with van der Waals surface area (Å²) in [5.41, 5.74) is 16.7. The topological polar surface area (TPSA) is 16.4 Å². The second-order valence-electron chi connectivity index (χ2n) is 15.2. The van der Waals surface area contributed by atoms with E-state index in [9.17, 15) is 0 Å². The molecule has 0 atom stereocenters. The maximum Gasteiger partial charge on any atom is 0.135 e. The SMILES string of the molecule is c1ccc(-c2ccccc2-c2c(-c3ccccc3)cccc2-c2ccccc2N(c2ccc(-c3ccc4ccccc4c3)cc2)c2ccc3oc4ccccc4c3c2)cc1. The van der Waals surface area contributed by atoms with Crippen LogP contribution in [0.25, 0.3) is 88.3 Å². The highest BCUT2D eigenvalue weighted by Crippen LogP contribution is 2.49. The van der Waals surface area contributed by atoms with Gasteiger partial charge in [-0.05, 0) is 109 Å². The Balaban J connectivity index is 1.14. The van der Waals surface area contributed by atoms with E-state index in [2.05, 4.69) is 229 Å². The number of hydrogen-bond acceptors (Lipinski definition) is 2. The summed E-state index contributed by atoms with van der Waals surface area (Å²) >= 11 is 0. The van der Waals surface area contributed by atoms with Crippen molar-refractivity contribution < 1.29 is 4.42 Å². The van der Waals surface area contributed by atoms with Gasteiger partial charge in [-0.1, -0.05) is 188 Å². The Labute approximate surface area is 349 Å². The van der Waals surface area contributed by atoms with Crippen LogP contribution in [0.3, 0.4) is 0 Å². The van der Waals surface area contributed by atoms with E-state index < -0.39 is 0 Å². The lowest BCUT2D eigenvalue weighted by molar-refractivity contribution is 0.669. The van der Waals surface area contributed by atoms with Crippen molar-refractivity contribution in [2.45, 2.75) is 0 Å². The van der Waals surface area contributed by atoms with E-state index in [0.717, 1.165) is 50.1 Å². The molecule has 0 aliphatic heterocycles. The van der Waals surface area contributed by atoms with E-state index in [1.165, 1.54) is 55.3 Å². The second kappa shape index (κ2) is 15.1. The molecule has 60 heavy (non-hydrogen) atoms. The molecule has 0 aliphatic rings. The van der Waals surface area contributed by atoms with Gasteiger partial charge >= 0.3 is 0 Å². The Morgan fingerprint density at radius 1 is 0.283 bits per heavy atom. The van der Waals surface area contributed by atoms with Gasteiger partial charge < -0.3 is 9.32 Å². The van der Waals surface area contributed by atoms with Gasteiger partial charge in [-0.2, -0.15) is 0 Å². The predicted molar refractivity (Wildman–Crippen MR) is 253 cm³/mol. The van der Waals surface area contributed by atoms with Crippen molar-refractivity contribution in [1.29, 1.82) is 0 Å². The van der Waals surface area contributed by atoms with E-state index in [-0.39, 0.29) is 0 Å². The molecule has 10 aromatic carbocycles. The van der Waals surface area contributed by atoms with Crippen molar-refractivity contribution in [3.05, 3.63) is 237 Å².